The van der Waals surface area contributed by atoms with Gasteiger partial charge >= 0.3 is 0 Å². The van der Waals surface area contributed by atoms with Gasteiger partial charge in [-0.2, -0.15) is 0 Å². The highest BCUT2D eigenvalue weighted by Gasteiger charge is 2.22. The van der Waals surface area contributed by atoms with Crippen molar-refractivity contribution in [2.45, 2.75) is 39.4 Å². The van der Waals surface area contributed by atoms with E-state index in [1.54, 1.807) is 6.33 Å². The Kier molecular flexibility index (Phi) is 9.58. The van der Waals surface area contributed by atoms with Crippen molar-refractivity contribution in [1.29, 1.82) is 0 Å². The lowest BCUT2D eigenvalue weighted by atomic mass is 9.95. The van der Waals surface area contributed by atoms with Crippen LogP contribution < -0.4 is 11.1 Å². The molecule has 0 fully saturated rings. The number of rotatable bonds is 6. The highest BCUT2D eigenvalue weighted by atomic mass is 35.5. The zero-order chi connectivity index (χ0) is 16.1. The predicted molar refractivity (Wildman–Crippen MR) is 99.3 cm³/mol. The number of nitrogens with two attached hydrogens (primary N) is 1. The third-order valence-electron chi connectivity index (χ3n) is 3.76. The Morgan fingerprint density at radius 3 is 2.42 bits per heavy atom. The first kappa shape index (κ1) is 22.4. The maximum absolute atomic E-state index is 12.3. The summed E-state index contributed by atoms with van der Waals surface area (Å²) in [5, 5.41) is 10.8. The smallest absolute Gasteiger partial charge is 0.225 e. The molecule has 0 aliphatic carbocycles. The second-order valence-corrected chi connectivity index (χ2v) is 5.69. The quantitative estimate of drug-likeness (QED) is 0.814. The molecule has 8 heteroatoms. The minimum atomic E-state index is -0.329. The zero-order valence-electron chi connectivity index (χ0n) is 14.0. The normalized spacial score (nSPS) is 12.7. The third-order valence-corrected chi connectivity index (χ3v) is 3.76. The molecule has 0 saturated carbocycles. The molecule has 0 spiro atoms. The minimum absolute atomic E-state index is 0. The molecule has 0 bridgehead atoms. The Morgan fingerprint density at radius 2 is 1.83 bits per heavy atom. The number of benzene rings is 1. The number of nitrogens with one attached hydrogen (secondary N) is 1. The molecule has 134 valence electrons. The molecule has 2 rings (SSSR count). The van der Waals surface area contributed by atoms with Crippen molar-refractivity contribution in [3.8, 4) is 0 Å². The van der Waals surface area contributed by atoms with Gasteiger partial charge in [-0.3, -0.25) is 4.79 Å². The van der Waals surface area contributed by atoms with Crippen molar-refractivity contribution in [2.24, 2.45) is 11.7 Å². The lowest BCUT2D eigenvalue weighted by Crippen LogP contribution is -2.35. The van der Waals surface area contributed by atoms with E-state index in [0.29, 0.717) is 6.54 Å². The van der Waals surface area contributed by atoms with Crippen LogP contribution in [0, 0.1) is 5.92 Å². The van der Waals surface area contributed by atoms with Crippen LogP contribution in [0.5, 0.6) is 0 Å². The van der Waals surface area contributed by atoms with Crippen molar-refractivity contribution < 1.29 is 4.79 Å². The monoisotopic (exact) mass is 373 g/mol. The molecule has 0 aliphatic rings. The van der Waals surface area contributed by atoms with Gasteiger partial charge in [0.2, 0.25) is 5.91 Å². The predicted octanol–water partition coefficient (Wildman–Crippen LogP) is 2.65. The molecule has 3 N–H and O–H groups in total. The summed E-state index contributed by atoms with van der Waals surface area (Å²) in [6.45, 7) is 6.27. The van der Waals surface area contributed by atoms with Gasteiger partial charge in [-0.1, -0.05) is 37.3 Å². The van der Waals surface area contributed by atoms with Gasteiger partial charge in [0.15, 0.2) is 5.82 Å². The lowest BCUT2D eigenvalue weighted by Gasteiger charge is -2.20. The van der Waals surface area contributed by atoms with Gasteiger partial charge < -0.3 is 15.6 Å². The average Bonchev–Trinajstić information content (AvgIpc) is 3.00. The van der Waals surface area contributed by atoms with E-state index >= 15 is 0 Å². The summed E-state index contributed by atoms with van der Waals surface area (Å²) >= 11 is 0. The van der Waals surface area contributed by atoms with E-state index in [1.807, 2.05) is 55.7 Å². The highest BCUT2D eigenvalue weighted by molar-refractivity contribution is 5.85. The molecule has 24 heavy (non-hydrogen) atoms. The maximum atomic E-state index is 12.3. The van der Waals surface area contributed by atoms with Crippen molar-refractivity contribution in [1.82, 2.24) is 20.1 Å². The summed E-state index contributed by atoms with van der Waals surface area (Å²) in [4.78, 5) is 12.3. The SMILES string of the molecule is CC(C(=O)NCc1nncn1C(C)C)C(N)c1ccccc1.Cl.Cl. The van der Waals surface area contributed by atoms with Crippen molar-refractivity contribution in [3.63, 3.8) is 0 Å². The molecule has 0 saturated heterocycles. The van der Waals surface area contributed by atoms with Crippen LogP contribution in [0.2, 0.25) is 0 Å². The van der Waals surface area contributed by atoms with Crippen LogP contribution in [-0.2, 0) is 11.3 Å². The Hall–Kier alpha value is -1.63. The summed E-state index contributed by atoms with van der Waals surface area (Å²) in [6.07, 6.45) is 1.67. The van der Waals surface area contributed by atoms with E-state index in [-0.39, 0.29) is 48.7 Å². The van der Waals surface area contributed by atoms with Gasteiger partial charge in [0.05, 0.1) is 12.5 Å². The largest absolute Gasteiger partial charge is 0.349 e. The number of aromatic nitrogens is 3. The number of halogens is 2. The lowest BCUT2D eigenvalue weighted by molar-refractivity contribution is -0.125. The molecule has 2 atom stereocenters. The van der Waals surface area contributed by atoms with Crippen LogP contribution in [0.1, 0.15) is 44.2 Å². The zero-order valence-corrected chi connectivity index (χ0v) is 15.7. The number of carbonyl (C=O) groups excluding carboxylic acids is 1. The number of nitrogens with zero attached hydrogens (tertiary/aromatic N) is 3. The third kappa shape index (κ3) is 5.47. The molecule has 1 aromatic heterocycles. The highest BCUT2D eigenvalue weighted by Crippen LogP contribution is 2.19. The van der Waals surface area contributed by atoms with Crippen molar-refractivity contribution >= 4 is 30.7 Å². The maximum Gasteiger partial charge on any atom is 0.225 e. The molecular formula is C16H25Cl2N5O. The summed E-state index contributed by atoms with van der Waals surface area (Å²) in [7, 11) is 0. The number of hydrogen-bond donors (Lipinski definition) is 2. The van der Waals surface area contributed by atoms with Gasteiger partial charge in [0, 0.05) is 12.1 Å². The molecule has 0 aliphatic heterocycles. The average molecular weight is 374 g/mol. The molecule has 1 amide bonds. The molecular weight excluding hydrogens is 349 g/mol. The summed E-state index contributed by atoms with van der Waals surface area (Å²) in [6, 6.07) is 9.57. The van der Waals surface area contributed by atoms with Gasteiger partial charge in [-0.05, 0) is 19.4 Å². The van der Waals surface area contributed by atoms with Crippen LogP contribution in [-0.4, -0.2) is 20.7 Å². The molecule has 0 radical (unpaired) electrons. The number of hydrogen-bond acceptors (Lipinski definition) is 4. The first-order chi connectivity index (χ1) is 10.5. The van der Waals surface area contributed by atoms with Gasteiger partial charge in [0.25, 0.3) is 0 Å². The van der Waals surface area contributed by atoms with Crippen LogP contribution in [0.15, 0.2) is 36.7 Å². The Bertz CT molecular complexity index is 618. The topological polar surface area (TPSA) is 85.8 Å². The second kappa shape index (κ2) is 10.3. The molecule has 1 heterocycles. The fraction of sp³-hybridized carbons (Fsp3) is 0.438. The number of carbonyl (C=O) groups is 1. The van der Waals surface area contributed by atoms with Crippen LogP contribution in [0.25, 0.3) is 0 Å². The Morgan fingerprint density at radius 1 is 1.21 bits per heavy atom. The molecule has 6 nitrogen and oxygen atoms in total. The van der Waals surface area contributed by atoms with Crippen molar-refractivity contribution in [2.75, 3.05) is 0 Å². The molecule has 2 unspecified atom stereocenters. The van der Waals surface area contributed by atoms with E-state index in [4.69, 9.17) is 5.73 Å². The summed E-state index contributed by atoms with van der Waals surface area (Å²) in [5.74, 6) is 0.330. The van der Waals surface area contributed by atoms with E-state index < -0.39 is 0 Å². The van der Waals surface area contributed by atoms with E-state index in [1.165, 1.54) is 0 Å². The first-order valence-electron chi connectivity index (χ1n) is 7.47. The fourth-order valence-electron chi connectivity index (χ4n) is 2.28. The molecule has 2 aromatic rings. The van der Waals surface area contributed by atoms with E-state index in [0.717, 1.165) is 11.4 Å². The summed E-state index contributed by atoms with van der Waals surface area (Å²) < 4.78 is 1.93. The van der Waals surface area contributed by atoms with Gasteiger partial charge in [-0.15, -0.1) is 35.0 Å². The van der Waals surface area contributed by atoms with Gasteiger partial charge in [0.1, 0.15) is 6.33 Å². The van der Waals surface area contributed by atoms with E-state index in [2.05, 4.69) is 15.5 Å². The Balaban J connectivity index is 0.00000264. The fourth-order valence-corrected chi connectivity index (χ4v) is 2.28. The molecule has 1 aromatic carbocycles. The van der Waals surface area contributed by atoms with Crippen LogP contribution >= 0.6 is 24.8 Å². The van der Waals surface area contributed by atoms with Gasteiger partial charge in [-0.25, -0.2) is 0 Å². The first-order valence-corrected chi connectivity index (χ1v) is 7.47. The Labute approximate surface area is 155 Å². The second-order valence-electron chi connectivity index (χ2n) is 5.69. The number of amides is 1. The standard InChI is InChI=1S/C16H23N5O.2ClH/c1-11(2)21-10-19-20-14(21)9-18-16(22)12(3)15(17)13-7-5-4-6-8-13;;/h4-8,10-12,15H,9,17H2,1-3H3,(H,18,22);2*1H. The minimum Gasteiger partial charge on any atom is -0.349 e. The van der Waals surface area contributed by atoms with Crippen molar-refractivity contribution in [3.05, 3.63) is 48.0 Å². The van der Waals surface area contributed by atoms with Crippen LogP contribution in [0.3, 0.4) is 0 Å². The van der Waals surface area contributed by atoms with E-state index in [9.17, 15) is 4.79 Å². The van der Waals surface area contributed by atoms with Crippen LogP contribution in [0.4, 0.5) is 0 Å². The summed E-state index contributed by atoms with van der Waals surface area (Å²) in [5.41, 5.74) is 7.13.